The van der Waals surface area contributed by atoms with Crippen molar-refractivity contribution in [1.29, 1.82) is 0 Å². The van der Waals surface area contributed by atoms with Gasteiger partial charge in [-0.2, -0.15) is 0 Å². The third-order valence-corrected chi connectivity index (χ3v) is 6.01. The maximum absolute atomic E-state index is 3.54. The first-order valence-electron chi connectivity index (χ1n) is 8.81. The fraction of sp³-hybridized carbons (Fsp3) is 0.333. The zero-order valence-electron chi connectivity index (χ0n) is 14.2. The van der Waals surface area contributed by atoms with Gasteiger partial charge < -0.3 is 5.32 Å². The molecule has 0 amide bonds. The Kier molecular flexibility index (Phi) is 4.65. The second-order valence-corrected chi connectivity index (χ2v) is 7.50. The Bertz CT molecular complexity index is 815. The van der Waals surface area contributed by atoms with Crippen LogP contribution in [0.15, 0.2) is 53.9 Å². The Balaban J connectivity index is 1.85. The maximum atomic E-state index is 3.54. The zero-order chi connectivity index (χ0) is 16.4. The lowest BCUT2D eigenvalue weighted by Gasteiger charge is -2.32. The van der Waals surface area contributed by atoms with Crippen molar-refractivity contribution in [2.24, 2.45) is 0 Å². The summed E-state index contributed by atoms with van der Waals surface area (Å²) in [6.07, 6.45) is 1.21. The molecule has 24 heavy (non-hydrogen) atoms. The summed E-state index contributed by atoms with van der Waals surface area (Å²) in [5.74, 6) is 0. The van der Waals surface area contributed by atoms with Crippen LogP contribution >= 0.6 is 11.3 Å². The highest BCUT2D eigenvalue weighted by Gasteiger charge is 2.26. The van der Waals surface area contributed by atoms with Crippen molar-refractivity contribution in [2.75, 3.05) is 26.2 Å². The summed E-state index contributed by atoms with van der Waals surface area (Å²) in [6.45, 7) is 6.69. The van der Waals surface area contributed by atoms with Gasteiger partial charge in [0, 0.05) is 24.3 Å². The van der Waals surface area contributed by atoms with E-state index in [0.717, 1.165) is 26.2 Å². The molecule has 3 heteroatoms. The summed E-state index contributed by atoms with van der Waals surface area (Å²) >= 11 is 1.87. The molecule has 124 valence electrons. The van der Waals surface area contributed by atoms with E-state index < -0.39 is 0 Å². The molecule has 2 nitrogen and oxygen atoms in total. The molecule has 1 atom stereocenters. The average molecular weight is 337 g/mol. The molecule has 0 aliphatic carbocycles. The molecule has 1 unspecified atom stereocenters. The molecule has 1 saturated heterocycles. The Morgan fingerprint density at radius 1 is 0.958 bits per heavy atom. The predicted molar refractivity (Wildman–Crippen MR) is 104 cm³/mol. The van der Waals surface area contributed by atoms with Crippen molar-refractivity contribution < 1.29 is 0 Å². The minimum atomic E-state index is 0.349. The number of hydrogen-bond donors (Lipinski definition) is 1. The van der Waals surface area contributed by atoms with Crippen LogP contribution in [0.25, 0.3) is 10.1 Å². The summed E-state index contributed by atoms with van der Waals surface area (Å²) in [5, 5.41) is 7.33. The number of thiophene rings is 1. The van der Waals surface area contributed by atoms with Crippen LogP contribution in [-0.4, -0.2) is 31.1 Å². The highest BCUT2D eigenvalue weighted by molar-refractivity contribution is 7.17. The van der Waals surface area contributed by atoms with E-state index in [9.17, 15) is 0 Å². The van der Waals surface area contributed by atoms with E-state index in [1.54, 1.807) is 0 Å². The van der Waals surface area contributed by atoms with Gasteiger partial charge in [0.1, 0.15) is 0 Å². The van der Waals surface area contributed by atoms with Crippen LogP contribution < -0.4 is 5.32 Å². The number of fused-ring (bicyclic) bond motifs is 1. The van der Waals surface area contributed by atoms with Gasteiger partial charge in [-0.05, 0) is 53.4 Å². The molecule has 2 aromatic carbocycles. The van der Waals surface area contributed by atoms with Crippen molar-refractivity contribution >= 4 is 21.4 Å². The van der Waals surface area contributed by atoms with Gasteiger partial charge >= 0.3 is 0 Å². The van der Waals surface area contributed by atoms with Gasteiger partial charge in [-0.25, -0.2) is 0 Å². The molecule has 1 aromatic heterocycles. The number of hydrogen-bond acceptors (Lipinski definition) is 3. The Labute approximate surface area is 148 Å². The minimum absolute atomic E-state index is 0.349. The lowest BCUT2D eigenvalue weighted by Crippen LogP contribution is -2.33. The van der Waals surface area contributed by atoms with Gasteiger partial charge in [-0.15, -0.1) is 11.3 Å². The van der Waals surface area contributed by atoms with Crippen molar-refractivity contribution in [1.82, 2.24) is 10.2 Å². The van der Waals surface area contributed by atoms with Crippen LogP contribution in [0, 0.1) is 6.92 Å². The number of rotatable bonds is 3. The molecular formula is C21H24N2S. The summed E-state index contributed by atoms with van der Waals surface area (Å²) in [5.41, 5.74) is 4.30. The summed E-state index contributed by atoms with van der Waals surface area (Å²) in [4.78, 5) is 2.66. The van der Waals surface area contributed by atoms with E-state index in [-0.39, 0.29) is 0 Å². The van der Waals surface area contributed by atoms with Crippen molar-refractivity contribution in [2.45, 2.75) is 19.4 Å². The fourth-order valence-corrected chi connectivity index (χ4v) is 4.77. The van der Waals surface area contributed by atoms with Crippen molar-refractivity contribution in [3.63, 3.8) is 0 Å². The van der Waals surface area contributed by atoms with Crippen LogP contribution in [0.5, 0.6) is 0 Å². The molecule has 4 rings (SSSR count). The normalized spacial score (nSPS) is 17.7. The van der Waals surface area contributed by atoms with Crippen LogP contribution in [0.3, 0.4) is 0 Å². The molecule has 0 bridgehead atoms. The average Bonchev–Trinajstić information content (AvgIpc) is 2.84. The molecule has 0 spiro atoms. The van der Waals surface area contributed by atoms with Gasteiger partial charge in [0.15, 0.2) is 0 Å². The minimum Gasteiger partial charge on any atom is -0.315 e. The van der Waals surface area contributed by atoms with Gasteiger partial charge in [0.2, 0.25) is 0 Å². The van der Waals surface area contributed by atoms with Gasteiger partial charge in [-0.1, -0.05) is 42.5 Å². The molecular weight excluding hydrogens is 312 g/mol. The number of nitrogens with one attached hydrogen (secondary N) is 1. The van der Waals surface area contributed by atoms with E-state index in [2.05, 4.69) is 71.1 Å². The zero-order valence-corrected chi connectivity index (χ0v) is 15.0. The third-order valence-electron chi connectivity index (χ3n) is 5.03. The van der Waals surface area contributed by atoms with E-state index in [4.69, 9.17) is 0 Å². The molecule has 3 aromatic rings. The highest BCUT2D eigenvalue weighted by Crippen LogP contribution is 2.38. The molecule has 1 aliphatic heterocycles. The second kappa shape index (κ2) is 7.06. The molecule has 2 heterocycles. The van der Waals surface area contributed by atoms with Crippen molar-refractivity contribution in [3.05, 3.63) is 70.6 Å². The number of aryl methyl sites for hydroxylation is 1. The third kappa shape index (κ3) is 3.00. The lowest BCUT2D eigenvalue weighted by molar-refractivity contribution is 0.242. The first-order chi connectivity index (χ1) is 11.8. The Morgan fingerprint density at radius 2 is 1.79 bits per heavy atom. The lowest BCUT2D eigenvalue weighted by atomic mass is 9.93. The Morgan fingerprint density at radius 3 is 2.71 bits per heavy atom. The topological polar surface area (TPSA) is 15.3 Å². The van der Waals surface area contributed by atoms with Crippen LogP contribution in [0.1, 0.15) is 29.2 Å². The largest absolute Gasteiger partial charge is 0.315 e. The Hall–Kier alpha value is -1.68. The molecule has 0 radical (unpaired) electrons. The van der Waals surface area contributed by atoms with E-state index in [1.807, 2.05) is 11.3 Å². The maximum Gasteiger partial charge on any atom is 0.0619 e. The van der Waals surface area contributed by atoms with Gasteiger partial charge in [0.25, 0.3) is 0 Å². The van der Waals surface area contributed by atoms with Crippen LogP contribution in [-0.2, 0) is 0 Å². The SMILES string of the molecule is Cc1ccccc1C(c1csc2ccccc12)N1CCCNCC1. The second-order valence-electron chi connectivity index (χ2n) is 6.59. The number of benzene rings is 2. The predicted octanol–water partition coefficient (Wildman–Crippen LogP) is 4.59. The molecule has 1 fully saturated rings. The summed E-state index contributed by atoms with van der Waals surface area (Å²) in [7, 11) is 0. The molecule has 1 aliphatic rings. The monoisotopic (exact) mass is 336 g/mol. The first-order valence-corrected chi connectivity index (χ1v) is 9.69. The molecule has 0 saturated carbocycles. The summed E-state index contributed by atoms with van der Waals surface area (Å²) < 4.78 is 1.39. The van der Waals surface area contributed by atoms with Crippen LogP contribution in [0.2, 0.25) is 0 Å². The van der Waals surface area contributed by atoms with Gasteiger partial charge in [-0.3, -0.25) is 4.90 Å². The molecule has 1 N–H and O–H groups in total. The van der Waals surface area contributed by atoms with Crippen molar-refractivity contribution in [3.8, 4) is 0 Å². The quantitative estimate of drug-likeness (QED) is 0.752. The van der Waals surface area contributed by atoms with Crippen LogP contribution in [0.4, 0.5) is 0 Å². The first kappa shape index (κ1) is 15.8. The standard InChI is InChI=1S/C21H24N2S/c1-16-7-2-3-8-17(16)21(23-13-6-11-22-12-14-23)19-15-24-20-10-5-4-9-18(19)20/h2-5,7-10,15,21-22H,6,11-14H2,1H3. The fourth-order valence-electron chi connectivity index (χ4n) is 3.79. The highest BCUT2D eigenvalue weighted by atomic mass is 32.1. The van der Waals surface area contributed by atoms with E-state index in [0.29, 0.717) is 6.04 Å². The number of nitrogens with zero attached hydrogens (tertiary/aromatic N) is 1. The summed E-state index contributed by atoms with van der Waals surface area (Å²) in [6, 6.07) is 18.1. The van der Waals surface area contributed by atoms with E-state index in [1.165, 1.54) is 33.2 Å². The van der Waals surface area contributed by atoms with Gasteiger partial charge in [0.05, 0.1) is 6.04 Å². The van der Waals surface area contributed by atoms with E-state index >= 15 is 0 Å². The smallest absolute Gasteiger partial charge is 0.0619 e.